The molecular formula is C43H54N4O8. The van der Waals surface area contributed by atoms with Gasteiger partial charge in [-0.2, -0.15) is 0 Å². The Bertz CT molecular complexity index is 2040. The number of esters is 3. The van der Waals surface area contributed by atoms with E-state index in [1.54, 1.807) is 7.11 Å². The Labute approximate surface area is 322 Å². The molecule has 7 atom stereocenters. The lowest BCUT2D eigenvalue weighted by molar-refractivity contribution is -0.228. The summed E-state index contributed by atoms with van der Waals surface area (Å²) < 4.78 is 23.3. The van der Waals surface area contributed by atoms with Crippen molar-refractivity contribution in [3.63, 3.8) is 0 Å². The van der Waals surface area contributed by atoms with E-state index in [-0.39, 0.29) is 6.04 Å². The van der Waals surface area contributed by atoms with Gasteiger partial charge in [-0.15, -0.1) is 0 Å². The van der Waals surface area contributed by atoms with Gasteiger partial charge in [0.2, 0.25) is 5.60 Å². The summed E-state index contributed by atoms with van der Waals surface area (Å²) in [7, 11) is 6.13. The fourth-order valence-electron chi connectivity index (χ4n) is 11.7. The molecule has 3 fully saturated rings. The maximum absolute atomic E-state index is 14.3. The molecule has 3 aromatic rings. The number of carbonyl (C=O) groups excluding carboxylic acids is 3. The Kier molecular flexibility index (Phi) is 9.53. The van der Waals surface area contributed by atoms with Gasteiger partial charge in [-0.05, 0) is 75.0 Å². The van der Waals surface area contributed by atoms with Crippen molar-refractivity contribution in [3.05, 3.63) is 70.9 Å². The molecule has 12 nitrogen and oxygen atoms in total. The molecule has 5 aliphatic rings. The molecule has 0 radical (unpaired) electrons. The summed E-state index contributed by atoms with van der Waals surface area (Å²) in [6, 6.07) is 11.0. The lowest BCUT2D eigenvalue weighted by atomic mass is 9.47. The molecule has 2 saturated heterocycles. The number of carbonyl (C=O) groups is 3. The summed E-state index contributed by atoms with van der Waals surface area (Å²) in [4.78, 5) is 51.9. The summed E-state index contributed by atoms with van der Waals surface area (Å²) in [6.45, 7) is 7.69. The van der Waals surface area contributed by atoms with Crippen LogP contribution in [0.15, 0.2) is 48.6 Å². The number of ether oxygens (including phenoxy) is 4. The second-order valence-electron chi connectivity index (χ2n) is 16.2. The molecule has 294 valence electrons. The van der Waals surface area contributed by atoms with Gasteiger partial charge in [0, 0.05) is 77.8 Å². The Morgan fingerprint density at radius 3 is 2.47 bits per heavy atom. The van der Waals surface area contributed by atoms with Crippen LogP contribution in [0.4, 0.5) is 5.69 Å². The number of likely N-dealkylation sites (N-methyl/N-ethyl adjacent to an activating group) is 1. The summed E-state index contributed by atoms with van der Waals surface area (Å²) in [5.41, 5.74) is 1.05. The number of piperidine rings is 1. The minimum absolute atomic E-state index is 0.260. The Hall–Kier alpha value is -4.39. The maximum Gasteiger partial charge on any atom is 0.344 e. The number of anilines is 1. The number of nitrogens with zero attached hydrogens (tertiary/aromatic N) is 3. The van der Waals surface area contributed by atoms with Gasteiger partial charge in [0.05, 0.1) is 27.4 Å². The van der Waals surface area contributed by atoms with E-state index in [0.29, 0.717) is 37.2 Å². The number of rotatable bonds is 10. The van der Waals surface area contributed by atoms with E-state index in [9.17, 15) is 19.5 Å². The van der Waals surface area contributed by atoms with Crippen molar-refractivity contribution >= 4 is 34.5 Å². The number of hydrogen-bond donors (Lipinski definition) is 2. The van der Waals surface area contributed by atoms with Gasteiger partial charge in [-0.3, -0.25) is 14.5 Å². The highest BCUT2D eigenvalue weighted by atomic mass is 16.6. The molecule has 1 aliphatic carbocycles. The molecule has 4 aliphatic heterocycles. The lowest BCUT2D eigenvalue weighted by Crippen LogP contribution is -2.81. The number of aromatic amines is 1. The van der Waals surface area contributed by atoms with E-state index in [2.05, 4.69) is 39.1 Å². The van der Waals surface area contributed by atoms with Gasteiger partial charge in [-0.1, -0.05) is 43.7 Å². The monoisotopic (exact) mass is 754 g/mol. The van der Waals surface area contributed by atoms with Crippen LogP contribution in [-0.2, 0) is 40.4 Å². The zero-order chi connectivity index (χ0) is 38.9. The molecule has 1 saturated carbocycles. The van der Waals surface area contributed by atoms with E-state index < -0.39 is 52.4 Å². The molecule has 55 heavy (non-hydrogen) atoms. The summed E-state index contributed by atoms with van der Waals surface area (Å²) >= 11 is 0. The molecule has 12 heteroatoms. The van der Waals surface area contributed by atoms with Crippen LogP contribution in [0.5, 0.6) is 5.75 Å². The first-order valence-electron chi connectivity index (χ1n) is 19.8. The average molecular weight is 755 g/mol. The third kappa shape index (κ3) is 5.30. The van der Waals surface area contributed by atoms with Crippen molar-refractivity contribution in [2.24, 2.45) is 5.41 Å². The van der Waals surface area contributed by atoms with E-state index >= 15 is 0 Å². The molecule has 1 unspecified atom stereocenters. The van der Waals surface area contributed by atoms with Crippen molar-refractivity contribution in [2.45, 2.75) is 87.5 Å². The predicted molar refractivity (Wildman–Crippen MR) is 207 cm³/mol. The van der Waals surface area contributed by atoms with E-state index in [4.69, 9.17) is 18.9 Å². The largest absolute Gasteiger partial charge is 0.496 e. The number of benzene rings is 2. The summed E-state index contributed by atoms with van der Waals surface area (Å²) in [5, 5.41) is 14.2. The normalized spacial score (nSPS) is 30.4. The van der Waals surface area contributed by atoms with Crippen LogP contribution < -0.4 is 9.64 Å². The van der Waals surface area contributed by atoms with Crippen LogP contribution in [0.2, 0.25) is 0 Å². The third-order valence-electron chi connectivity index (χ3n) is 13.8. The molecule has 8 rings (SSSR count). The van der Waals surface area contributed by atoms with Crippen LogP contribution in [0.1, 0.15) is 74.3 Å². The lowest BCUT2D eigenvalue weighted by Gasteiger charge is -2.63. The third-order valence-corrected chi connectivity index (χ3v) is 13.8. The van der Waals surface area contributed by atoms with Gasteiger partial charge < -0.3 is 38.8 Å². The van der Waals surface area contributed by atoms with Gasteiger partial charge in [0.1, 0.15) is 11.7 Å². The number of likely N-dealkylation sites (tertiary alicyclic amines) is 1. The Morgan fingerprint density at radius 1 is 1.02 bits per heavy atom. The predicted octanol–water partition coefficient (Wildman–Crippen LogP) is 4.46. The Balaban J connectivity index is 1.36. The van der Waals surface area contributed by atoms with Crippen molar-refractivity contribution in [2.75, 3.05) is 66.0 Å². The van der Waals surface area contributed by atoms with Gasteiger partial charge >= 0.3 is 17.9 Å². The first kappa shape index (κ1) is 37.5. The van der Waals surface area contributed by atoms with Crippen LogP contribution in [0, 0.1) is 5.41 Å². The van der Waals surface area contributed by atoms with Crippen molar-refractivity contribution in [1.82, 2.24) is 14.8 Å². The minimum atomic E-state index is -2.26. The summed E-state index contributed by atoms with van der Waals surface area (Å²) in [5.74, 6) is -2.26. The average Bonchev–Trinajstić information content (AvgIpc) is 3.85. The topological polar surface area (TPSA) is 134 Å². The number of para-hydroxylation sites is 1. The van der Waals surface area contributed by atoms with Gasteiger partial charge in [-0.25, -0.2) is 4.79 Å². The number of nitrogens with one attached hydrogen (secondary N) is 1. The van der Waals surface area contributed by atoms with Gasteiger partial charge in [0.15, 0.2) is 6.10 Å². The van der Waals surface area contributed by atoms with Crippen molar-refractivity contribution in [1.29, 1.82) is 0 Å². The zero-order valence-corrected chi connectivity index (χ0v) is 32.9. The van der Waals surface area contributed by atoms with E-state index in [1.165, 1.54) is 40.4 Å². The number of H-pyrrole nitrogens is 1. The van der Waals surface area contributed by atoms with Crippen molar-refractivity contribution < 1.29 is 38.4 Å². The molecule has 0 bridgehead atoms. The van der Waals surface area contributed by atoms with Crippen molar-refractivity contribution in [3.8, 4) is 5.75 Å². The molecule has 0 amide bonds. The number of aliphatic hydroxyl groups is 1. The fourth-order valence-corrected chi connectivity index (χ4v) is 11.7. The number of aromatic nitrogens is 1. The zero-order valence-electron chi connectivity index (χ0n) is 32.9. The minimum Gasteiger partial charge on any atom is -0.496 e. The molecular weight excluding hydrogens is 700 g/mol. The quantitative estimate of drug-likeness (QED) is 0.173. The molecule has 5 heterocycles. The molecule has 2 N–H and O–H groups in total. The fraction of sp³-hybridized carbons (Fsp3) is 0.558. The Morgan fingerprint density at radius 2 is 1.78 bits per heavy atom. The second kappa shape index (κ2) is 14.0. The first-order valence-corrected chi connectivity index (χ1v) is 19.8. The molecule has 2 aromatic carbocycles. The highest BCUT2D eigenvalue weighted by Crippen LogP contribution is 2.68. The SMILES string of the molecule is CC[C@]12C=CCN3CC[C@@]4(c5cc(C(C(=O)OC)c6[nH]c7ccccc7c6CCN6CCCCC6)c(OC)cc5N(C)[C@H]4[C@@](O)(C(=O)OC)[C@@H]1OC(C)=O)[C@@H]32. The second-order valence-corrected chi connectivity index (χ2v) is 16.2. The van der Waals surface area contributed by atoms with E-state index in [0.717, 1.165) is 59.5 Å². The number of hydrogen-bond acceptors (Lipinski definition) is 11. The van der Waals surface area contributed by atoms with Crippen LogP contribution in [0.3, 0.4) is 0 Å². The number of fused-ring (bicyclic) bond motifs is 2. The smallest absolute Gasteiger partial charge is 0.344 e. The highest BCUT2D eigenvalue weighted by Gasteiger charge is 2.80. The highest BCUT2D eigenvalue weighted by molar-refractivity contribution is 5.92. The van der Waals surface area contributed by atoms with Gasteiger partial charge in [0.25, 0.3) is 0 Å². The van der Waals surface area contributed by atoms with Crippen LogP contribution in [0.25, 0.3) is 10.9 Å². The standard InChI is InChI=1S/C43H54N4O8/c1-7-41-17-13-21-47-23-18-42(37(41)47)30-24-29(33(52-4)25-32(30)45(3)38(42)43(51,40(50)54-6)39(41)55-26(2)48)34(36(49)53-5)35-28(16-22-46-19-11-8-12-20-46)27-14-9-10-15-31(27)44-35/h9-10,13-15,17,24-25,34,37-39,44,51H,7-8,11-12,16,18-23H2,1-6H3/t34?,37-,38+,39+,41+,42+,43-/m0/s1. The van der Waals surface area contributed by atoms with E-state index in [1.807, 2.05) is 43.1 Å². The molecule has 1 aromatic heterocycles. The van der Waals surface area contributed by atoms with Crippen LogP contribution >= 0.6 is 0 Å². The summed E-state index contributed by atoms with van der Waals surface area (Å²) in [6.07, 6.45) is 8.36. The number of methoxy groups -OCH3 is 3. The first-order chi connectivity index (χ1) is 26.5. The molecule has 1 spiro atoms. The van der Waals surface area contributed by atoms with Crippen LogP contribution in [-0.4, -0.2) is 123 Å². The maximum atomic E-state index is 14.3.